The predicted octanol–water partition coefficient (Wildman–Crippen LogP) is 3.31. The van der Waals surface area contributed by atoms with Gasteiger partial charge in [-0.05, 0) is 30.5 Å². The molecule has 2 N–H and O–H groups in total. The van der Waals surface area contributed by atoms with Gasteiger partial charge in [-0.3, -0.25) is 4.79 Å². The molecule has 0 bridgehead atoms. The van der Waals surface area contributed by atoms with Crippen LogP contribution in [-0.4, -0.2) is 23.9 Å². The maximum Gasteiger partial charge on any atom is 0.254 e. The molecule has 0 saturated carbocycles. The number of amides is 1. The fraction of sp³-hybridized carbons (Fsp3) is 0.267. The van der Waals surface area contributed by atoms with E-state index in [-0.39, 0.29) is 11.6 Å². The van der Waals surface area contributed by atoms with Gasteiger partial charge in [-0.25, -0.2) is 8.78 Å². The number of hydrogen-bond donors (Lipinski definition) is 1. The lowest BCUT2D eigenvalue weighted by Crippen LogP contribution is -2.36. The predicted molar refractivity (Wildman–Crippen MR) is 80.3 cm³/mol. The summed E-state index contributed by atoms with van der Waals surface area (Å²) in [7, 11) is 1.62. The summed E-state index contributed by atoms with van der Waals surface area (Å²) in [6.45, 7) is 1.89. The van der Waals surface area contributed by atoms with Gasteiger partial charge >= 0.3 is 0 Å². The van der Waals surface area contributed by atoms with Crippen LogP contribution in [0.5, 0.6) is 0 Å². The Bertz CT molecular complexity index is 620. The van der Waals surface area contributed by atoms with E-state index in [2.05, 4.69) is 0 Å². The van der Waals surface area contributed by atoms with E-state index in [9.17, 15) is 13.6 Å². The SMILES string of the molecule is CC(Cc1cccs1)N(C)C(=O)c1cc(F)c(N)c(F)c1. The Morgan fingerprint density at radius 2 is 2.00 bits per heavy atom. The van der Waals surface area contributed by atoms with Crippen LogP contribution < -0.4 is 5.73 Å². The van der Waals surface area contributed by atoms with Gasteiger partial charge in [0.2, 0.25) is 0 Å². The summed E-state index contributed by atoms with van der Waals surface area (Å²) >= 11 is 1.61. The van der Waals surface area contributed by atoms with Gasteiger partial charge in [0, 0.05) is 30.0 Å². The summed E-state index contributed by atoms with van der Waals surface area (Å²) in [6.07, 6.45) is 0.694. The molecule has 1 amide bonds. The van der Waals surface area contributed by atoms with Crippen molar-refractivity contribution in [3.63, 3.8) is 0 Å². The minimum atomic E-state index is -0.919. The molecule has 1 unspecified atom stereocenters. The minimum Gasteiger partial charge on any atom is -0.394 e. The first-order valence-corrected chi connectivity index (χ1v) is 7.32. The van der Waals surface area contributed by atoms with Gasteiger partial charge in [0.1, 0.15) is 17.3 Å². The maximum absolute atomic E-state index is 13.4. The third-order valence-corrected chi connectivity index (χ3v) is 4.28. The van der Waals surface area contributed by atoms with E-state index in [1.807, 2.05) is 24.4 Å². The molecule has 0 saturated heterocycles. The van der Waals surface area contributed by atoms with E-state index < -0.39 is 23.2 Å². The van der Waals surface area contributed by atoms with Crippen molar-refractivity contribution in [1.29, 1.82) is 0 Å². The standard InChI is InChI=1S/C15H16F2N2OS/c1-9(6-11-4-3-5-21-11)19(2)15(20)10-7-12(16)14(18)13(17)8-10/h3-5,7-9H,6,18H2,1-2H3. The van der Waals surface area contributed by atoms with Crippen LogP contribution in [0.15, 0.2) is 29.6 Å². The summed E-state index contributed by atoms with van der Waals surface area (Å²) in [4.78, 5) is 14.9. The van der Waals surface area contributed by atoms with Crippen molar-refractivity contribution in [2.24, 2.45) is 0 Å². The van der Waals surface area contributed by atoms with E-state index >= 15 is 0 Å². The number of benzene rings is 1. The van der Waals surface area contributed by atoms with Crippen molar-refractivity contribution in [3.8, 4) is 0 Å². The van der Waals surface area contributed by atoms with Crippen molar-refractivity contribution in [3.05, 3.63) is 51.7 Å². The Morgan fingerprint density at radius 1 is 1.38 bits per heavy atom. The lowest BCUT2D eigenvalue weighted by atomic mass is 10.1. The van der Waals surface area contributed by atoms with Crippen LogP contribution in [0, 0.1) is 11.6 Å². The number of nitrogens with zero attached hydrogens (tertiary/aromatic N) is 1. The van der Waals surface area contributed by atoms with Crippen molar-refractivity contribution in [2.45, 2.75) is 19.4 Å². The number of hydrogen-bond acceptors (Lipinski definition) is 3. The number of nitrogens with two attached hydrogens (primary N) is 1. The molecule has 0 aliphatic heterocycles. The molecule has 1 aromatic carbocycles. The van der Waals surface area contributed by atoms with Gasteiger partial charge in [-0.2, -0.15) is 0 Å². The molecule has 1 heterocycles. The molecular weight excluding hydrogens is 294 g/mol. The minimum absolute atomic E-state index is 0.0419. The Labute approximate surface area is 126 Å². The van der Waals surface area contributed by atoms with Gasteiger partial charge < -0.3 is 10.6 Å². The van der Waals surface area contributed by atoms with Crippen LogP contribution in [-0.2, 0) is 6.42 Å². The Kier molecular flexibility index (Phi) is 4.57. The summed E-state index contributed by atoms with van der Waals surface area (Å²) < 4.78 is 26.9. The van der Waals surface area contributed by atoms with Crippen LogP contribution in [0.1, 0.15) is 22.2 Å². The monoisotopic (exact) mass is 310 g/mol. The first-order chi connectivity index (χ1) is 9.90. The molecule has 0 aliphatic carbocycles. The van der Waals surface area contributed by atoms with Crippen molar-refractivity contribution < 1.29 is 13.6 Å². The van der Waals surface area contributed by atoms with Crippen LogP contribution in [0.4, 0.5) is 14.5 Å². The van der Waals surface area contributed by atoms with E-state index in [0.717, 1.165) is 17.0 Å². The van der Waals surface area contributed by atoms with Gasteiger partial charge in [-0.1, -0.05) is 6.07 Å². The quantitative estimate of drug-likeness (QED) is 0.881. The molecule has 3 nitrogen and oxygen atoms in total. The molecule has 0 radical (unpaired) electrons. The fourth-order valence-corrected chi connectivity index (χ4v) is 2.79. The van der Waals surface area contributed by atoms with Crippen molar-refractivity contribution in [1.82, 2.24) is 4.90 Å². The highest BCUT2D eigenvalue weighted by atomic mass is 32.1. The zero-order valence-electron chi connectivity index (χ0n) is 11.8. The number of likely N-dealkylation sites (N-methyl/N-ethyl adjacent to an activating group) is 1. The highest BCUT2D eigenvalue weighted by molar-refractivity contribution is 7.09. The molecule has 2 aromatic rings. The molecular formula is C15H16F2N2OS. The average Bonchev–Trinajstić information content (AvgIpc) is 2.95. The van der Waals surface area contributed by atoms with Gasteiger partial charge in [0.25, 0.3) is 5.91 Å². The first kappa shape index (κ1) is 15.4. The van der Waals surface area contributed by atoms with Crippen LogP contribution >= 0.6 is 11.3 Å². The second-order valence-electron chi connectivity index (χ2n) is 4.90. The molecule has 1 aromatic heterocycles. The molecule has 2 rings (SSSR count). The molecule has 0 fully saturated rings. The first-order valence-electron chi connectivity index (χ1n) is 6.44. The number of thiophene rings is 1. The Hall–Kier alpha value is -1.95. The highest BCUT2D eigenvalue weighted by Crippen LogP contribution is 2.20. The van der Waals surface area contributed by atoms with Crippen LogP contribution in [0.3, 0.4) is 0 Å². The molecule has 112 valence electrons. The van der Waals surface area contributed by atoms with Crippen LogP contribution in [0.25, 0.3) is 0 Å². The number of anilines is 1. The van der Waals surface area contributed by atoms with E-state index in [0.29, 0.717) is 6.42 Å². The van der Waals surface area contributed by atoms with Crippen molar-refractivity contribution >= 4 is 22.9 Å². The zero-order chi connectivity index (χ0) is 15.6. The van der Waals surface area contributed by atoms with E-state index in [1.165, 1.54) is 4.90 Å². The number of carbonyl (C=O) groups is 1. The molecule has 6 heteroatoms. The number of halogens is 2. The molecule has 0 aliphatic rings. The largest absolute Gasteiger partial charge is 0.394 e. The highest BCUT2D eigenvalue weighted by Gasteiger charge is 2.20. The lowest BCUT2D eigenvalue weighted by molar-refractivity contribution is 0.0743. The molecule has 1 atom stereocenters. The Balaban J connectivity index is 2.15. The smallest absolute Gasteiger partial charge is 0.254 e. The normalized spacial score (nSPS) is 12.2. The lowest BCUT2D eigenvalue weighted by Gasteiger charge is -2.25. The van der Waals surface area contributed by atoms with Gasteiger partial charge in [0.15, 0.2) is 0 Å². The number of carbonyl (C=O) groups excluding carboxylic acids is 1. The molecule has 21 heavy (non-hydrogen) atoms. The fourth-order valence-electron chi connectivity index (χ4n) is 1.97. The second kappa shape index (κ2) is 6.22. The van der Waals surface area contributed by atoms with Gasteiger partial charge in [-0.15, -0.1) is 11.3 Å². The summed E-state index contributed by atoms with van der Waals surface area (Å²) in [5, 5.41) is 1.97. The zero-order valence-corrected chi connectivity index (χ0v) is 12.6. The third-order valence-electron chi connectivity index (χ3n) is 3.38. The van der Waals surface area contributed by atoms with Crippen molar-refractivity contribution in [2.75, 3.05) is 12.8 Å². The van der Waals surface area contributed by atoms with Gasteiger partial charge in [0.05, 0.1) is 0 Å². The molecule has 0 spiro atoms. The van der Waals surface area contributed by atoms with E-state index in [1.54, 1.807) is 18.4 Å². The summed E-state index contributed by atoms with van der Waals surface area (Å²) in [5.74, 6) is -2.27. The summed E-state index contributed by atoms with van der Waals surface area (Å²) in [5.41, 5.74) is 4.59. The number of rotatable bonds is 4. The third kappa shape index (κ3) is 3.39. The topological polar surface area (TPSA) is 46.3 Å². The second-order valence-corrected chi connectivity index (χ2v) is 5.93. The van der Waals surface area contributed by atoms with E-state index in [4.69, 9.17) is 5.73 Å². The maximum atomic E-state index is 13.4. The Morgan fingerprint density at radius 3 is 2.52 bits per heavy atom. The summed E-state index contributed by atoms with van der Waals surface area (Å²) in [6, 6.07) is 5.78. The van der Waals surface area contributed by atoms with Crippen LogP contribution in [0.2, 0.25) is 0 Å². The number of nitrogen functional groups attached to an aromatic ring is 1. The average molecular weight is 310 g/mol.